The fourth-order valence-electron chi connectivity index (χ4n) is 4.67. The van der Waals surface area contributed by atoms with Crippen LogP contribution in [0.25, 0.3) is 11.1 Å². The highest BCUT2D eigenvalue weighted by Gasteiger charge is 2.48. The molecule has 0 saturated carbocycles. The van der Waals surface area contributed by atoms with Crippen molar-refractivity contribution in [3.8, 4) is 11.1 Å². The van der Waals surface area contributed by atoms with Crippen LogP contribution in [0.3, 0.4) is 0 Å². The highest BCUT2D eigenvalue weighted by molar-refractivity contribution is 6.74. The Bertz CT molecular complexity index is 1310. The van der Waals surface area contributed by atoms with Gasteiger partial charge in [0.1, 0.15) is 35.3 Å². The van der Waals surface area contributed by atoms with Crippen LogP contribution in [0.4, 0.5) is 18.0 Å². The van der Waals surface area contributed by atoms with Gasteiger partial charge < -0.3 is 19.2 Å². The van der Waals surface area contributed by atoms with Gasteiger partial charge in [-0.1, -0.05) is 32.9 Å². The first-order valence-corrected chi connectivity index (χ1v) is 16.6. The number of nitrogens with one attached hydrogen (secondary N) is 1. The van der Waals surface area contributed by atoms with Crippen LogP contribution in [-0.2, 0) is 29.9 Å². The lowest BCUT2D eigenvalue weighted by Crippen LogP contribution is -2.47. The minimum Gasteiger partial charge on any atom is -0.444 e. The molecule has 1 aliphatic rings. The average molecular weight is 594 g/mol. The molecule has 1 aliphatic heterocycles. The Morgan fingerprint density at radius 3 is 2.07 bits per heavy atom. The van der Waals surface area contributed by atoms with Crippen molar-refractivity contribution in [2.45, 2.75) is 96.7 Å². The molecule has 1 N–H and O–H groups in total. The van der Waals surface area contributed by atoms with Crippen molar-refractivity contribution in [3.63, 3.8) is 0 Å². The molecule has 10 heteroatoms. The van der Waals surface area contributed by atoms with E-state index in [0.29, 0.717) is 0 Å². The van der Waals surface area contributed by atoms with Crippen LogP contribution in [0.5, 0.6) is 0 Å². The summed E-state index contributed by atoms with van der Waals surface area (Å²) < 4.78 is 64.6. The van der Waals surface area contributed by atoms with Crippen LogP contribution < -0.4 is 5.32 Å². The van der Waals surface area contributed by atoms with Gasteiger partial charge in [0.05, 0.1) is 17.7 Å². The first kappa shape index (κ1) is 32.8. The van der Waals surface area contributed by atoms with Gasteiger partial charge in [-0.15, -0.1) is 0 Å². The summed E-state index contributed by atoms with van der Waals surface area (Å²) >= 11 is 0. The Morgan fingerprint density at radius 1 is 1.00 bits per heavy atom. The highest BCUT2D eigenvalue weighted by atomic mass is 28.4. The van der Waals surface area contributed by atoms with Crippen LogP contribution in [0, 0.1) is 17.5 Å². The van der Waals surface area contributed by atoms with E-state index in [-0.39, 0.29) is 47.1 Å². The SMILES string of the molecule is CC(C)(C)OC(=O)NCC1(c2cc(C(C)(C)O[Si](C)(C)C(C)(C)C)c(F)c(-c3ccc(F)cc3)c2F)CC(=O)CO1. The summed E-state index contributed by atoms with van der Waals surface area (Å²) in [6, 6.07) is 6.15. The molecule has 41 heavy (non-hydrogen) atoms. The number of ether oxygens (including phenoxy) is 2. The molecule has 1 atom stereocenters. The Balaban J connectivity index is 2.26. The van der Waals surface area contributed by atoms with Crippen LogP contribution >= 0.6 is 0 Å². The molecular formula is C31H42F3NO5Si. The zero-order valence-electron chi connectivity index (χ0n) is 25.7. The van der Waals surface area contributed by atoms with E-state index in [9.17, 15) is 14.0 Å². The number of hydrogen-bond donors (Lipinski definition) is 1. The van der Waals surface area contributed by atoms with E-state index in [1.54, 1.807) is 34.6 Å². The molecule has 2 aromatic rings. The van der Waals surface area contributed by atoms with E-state index in [2.05, 4.69) is 26.1 Å². The van der Waals surface area contributed by atoms with Crippen molar-refractivity contribution in [1.29, 1.82) is 0 Å². The van der Waals surface area contributed by atoms with E-state index in [1.165, 1.54) is 18.2 Å². The van der Waals surface area contributed by atoms with Gasteiger partial charge in [0.25, 0.3) is 0 Å². The molecule has 0 radical (unpaired) electrons. The Hall–Kier alpha value is -2.69. The number of hydrogen-bond acceptors (Lipinski definition) is 5. The smallest absolute Gasteiger partial charge is 0.407 e. The predicted molar refractivity (Wildman–Crippen MR) is 155 cm³/mol. The topological polar surface area (TPSA) is 73.9 Å². The predicted octanol–water partition coefficient (Wildman–Crippen LogP) is 7.74. The quantitative estimate of drug-likeness (QED) is 0.333. The first-order chi connectivity index (χ1) is 18.6. The van der Waals surface area contributed by atoms with Gasteiger partial charge in [-0.3, -0.25) is 4.79 Å². The monoisotopic (exact) mass is 593 g/mol. The van der Waals surface area contributed by atoms with Gasteiger partial charge in [0.2, 0.25) is 0 Å². The number of rotatable bonds is 7. The Labute approximate surface area is 242 Å². The van der Waals surface area contributed by atoms with Gasteiger partial charge in [-0.05, 0) is 76.5 Å². The van der Waals surface area contributed by atoms with Crippen molar-refractivity contribution in [3.05, 3.63) is 58.9 Å². The molecule has 0 bridgehead atoms. The lowest BCUT2D eigenvalue weighted by Gasteiger charge is -2.43. The zero-order valence-corrected chi connectivity index (χ0v) is 26.7. The van der Waals surface area contributed by atoms with Crippen molar-refractivity contribution in [2.75, 3.05) is 13.2 Å². The molecule has 0 aliphatic carbocycles. The number of carbonyl (C=O) groups excluding carboxylic acids is 2. The van der Waals surface area contributed by atoms with E-state index in [1.807, 2.05) is 13.1 Å². The maximum Gasteiger partial charge on any atom is 0.407 e. The fourth-order valence-corrected chi connectivity index (χ4v) is 6.36. The third-order valence-electron chi connectivity index (χ3n) is 7.70. The average Bonchev–Trinajstić information content (AvgIpc) is 3.18. The summed E-state index contributed by atoms with van der Waals surface area (Å²) in [6.45, 7) is 18.1. The van der Waals surface area contributed by atoms with Crippen LogP contribution in [0.2, 0.25) is 18.1 Å². The molecule has 1 unspecified atom stereocenters. The summed E-state index contributed by atoms with van der Waals surface area (Å²) in [5, 5.41) is 2.39. The molecule has 2 aromatic carbocycles. The second-order valence-corrected chi connectivity index (χ2v) is 18.4. The van der Waals surface area contributed by atoms with Gasteiger partial charge in [0, 0.05) is 17.5 Å². The lowest BCUT2D eigenvalue weighted by atomic mass is 9.83. The number of Topliss-reactive ketones (excluding diaryl/α,β-unsaturated/α-hetero) is 1. The summed E-state index contributed by atoms with van der Waals surface area (Å²) in [5.41, 5.74) is -4.01. The van der Waals surface area contributed by atoms with E-state index < -0.39 is 54.2 Å². The summed E-state index contributed by atoms with van der Waals surface area (Å²) in [7, 11) is -2.46. The summed E-state index contributed by atoms with van der Waals surface area (Å²) in [4.78, 5) is 25.1. The number of halogens is 3. The first-order valence-electron chi connectivity index (χ1n) is 13.7. The maximum atomic E-state index is 16.5. The van der Waals surface area contributed by atoms with E-state index in [4.69, 9.17) is 13.9 Å². The minimum absolute atomic E-state index is 0.0534. The number of carbonyl (C=O) groups is 2. The van der Waals surface area contributed by atoms with Crippen molar-refractivity contribution in [2.24, 2.45) is 0 Å². The van der Waals surface area contributed by atoms with Gasteiger partial charge in [-0.2, -0.15) is 0 Å². The Morgan fingerprint density at radius 2 is 1.59 bits per heavy atom. The van der Waals surface area contributed by atoms with Crippen LogP contribution in [0.1, 0.15) is 72.9 Å². The van der Waals surface area contributed by atoms with Crippen LogP contribution in [0.15, 0.2) is 30.3 Å². The number of amides is 1. The maximum absolute atomic E-state index is 16.5. The zero-order chi connectivity index (χ0) is 31.2. The Kier molecular flexibility index (Phi) is 8.95. The normalized spacial score (nSPS) is 18.5. The van der Waals surface area contributed by atoms with E-state index in [0.717, 1.165) is 12.1 Å². The molecule has 1 amide bonds. The molecule has 0 spiro atoms. The van der Waals surface area contributed by atoms with Gasteiger partial charge >= 0.3 is 6.09 Å². The van der Waals surface area contributed by atoms with Crippen molar-refractivity contribution in [1.82, 2.24) is 5.32 Å². The van der Waals surface area contributed by atoms with Crippen molar-refractivity contribution < 1.29 is 36.7 Å². The lowest BCUT2D eigenvalue weighted by molar-refractivity contribution is -0.117. The molecule has 6 nitrogen and oxygen atoms in total. The molecule has 1 saturated heterocycles. The highest BCUT2D eigenvalue weighted by Crippen LogP contribution is 2.46. The molecule has 1 fully saturated rings. The van der Waals surface area contributed by atoms with Crippen molar-refractivity contribution >= 4 is 20.2 Å². The summed E-state index contributed by atoms with van der Waals surface area (Å²) in [5.74, 6) is -2.69. The molecule has 3 rings (SSSR count). The number of benzene rings is 2. The molecule has 0 aromatic heterocycles. The third-order valence-corrected chi connectivity index (χ3v) is 12.3. The molecular weight excluding hydrogens is 551 g/mol. The van der Waals surface area contributed by atoms with Gasteiger partial charge in [0.15, 0.2) is 14.1 Å². The van der Waals surface area contributed by atoms with Crippen LogP contribution in [-0.4, -0.2) is 38.9 Å². The largest absolute Gasteiger partial charge is 0.444 e. The third kappa shape index (κ3) is 7.21. The number of ketones is 1. The second-order valence-electron chi connectivity index (χ2n) is 13.7. The van der Waals surface area contributed by atoms with Gasteiger partial charge in [-0.25, -0.2) is 18.0 Å². The fraction of sp³-hybridized carbons (Fsp3) is 0.548. The molecule has 1 heterocycles. The molecule has 226 valence electrons. The minimum atomic E-state index is -2.46. The standard InChI is InChI=1S/C31H42F3NO5Si/c1-28(2,3)39-27(37)35-18-31(16-21(36)17-38-31)23-15-22(30(7,8)40-41(9,10)29(4,5)6)25(33)24(26(23)34)19-11-13-20(32)14-12-19/h11-15H,16-18H2,1-10H3,(H,35,37). The number of alkyl carbamates (subject to hydrolysis) is 1. The summed E-state index contributed by atoms with van der Waals surface area (Å²) in [6.07, 6.45) is -1.03. The second kappa shape index (κ2) is 11.2. The van der Waals surface area contributed by atoms with E-state index >= 15 is 8.78 Å².